The minimum atomic E-state index is -3.82. The summed E-state index contributed by atoms with van der Waals surface area (Å²) in [6, 6.07) is 15.3. The van der Waals surface area contributed by atoms with Crippen molar-refractivity contribution < 1.29 is 18.3 Å². The highest BCUT2D eigenvalue weighted by Crippen LogP contribution is 2.37. The normalized spacial score (nSPS) is 23.5. The molecule has 2 aromatic carbocycles. The molecule has 0 radical (unpaired) electrons. The van der Waals surface area contributed by atoms with Crippen LogP contribution in [0, 0.1) is 5.92 Å². The highest BCUT2D eigenvalue weighted by atomic mass is 32.2. The molecule has 6 nitrogen and oxygen atoms in total. The lowest BCUT2D eigenvalue weighted by Crippen LogP contribution is -2.49. The second kappa shape index (κ2) is 11.2. The highest BCUT2D eigenvalue weighted by Gasteiger charge is 2.38. The minimum Gasteiger partial charge on any atom is -0.487 e. The third-order valence-corrected chi connectivity index (χ3v) is 9.14. The molecule has 0 amide bonds. The first-order valence-corrected chi connectivity index (χ1v) is 14.1. The smallest absolute Gasteiger partial charge is 0.247 e. The predicted octanol–water partition coefficient (Wildman–Crippen LogP) is 4.54. The first kappa shape index (κ1) is 25.9. The number of ether oxygens (including phenoxy) is 1. The fourth-order valence-electron chi connectivity index (χ4n) is 5.01. The van der Waals surface area contributed by atoms with Gasteiger partial charge in [-0.2, -0.15) is 4.31 Å². The number of sulfonamides is 1. The fraction of sp³-hybridized carbons (Fsp3) is 0.500. The summed E-state index contributed by atoms with van der Waals surface area (Å²) < 4.78 is 35.4. The molecule has 35 heavy (non-hydrogen) atoms. The second-order valence-electron chi connectivity index (χ2n) is 10.1. The molecule has 0 bridgehead atoms. The number of aliphatic hydroxyl groups excluding tert-OH is 1. The molecular weight excluding hydrogens is 460 g/mol. The molecular formula is C28H38N2O4S. The molecule has 2 aromatic rings. The summed E-state index contributed by atoms with van der Waals surface area (Å²) in [6.07, 6.45) is 6.45. The van der Waals surface area contributed by atoms with E-state index in [0.717, 1.165) is 31.4 Å². The van der Waals surface area contributed by atoms with Crippen molar-refractivity contribution in [3.8, 4) is 5.75 Å². The van der Waals surface area contributed by atoms with Crippen LogP contribution in [0.2, 0.25) is 0 Å². The van der Waals surface area contributed by atoms with Crippen molar-refractivity contribution in [3.05, 3.63) is 65.7 Å². The Hall–Kier alpha value is -2.19. The Morgan fingerprint density at radius 1 is 1.17 bits per heavy atom. The first-order chi connectivity index (χ1) is 16.8. The Morgan fingerprint density at radius 3 is 2.63 bits per heavy atom. The summed E-state index contributed by atoms with van der Waals surface area (Å²) in [5.41, 5.74) is 3.51. The number of nitrogens with zero attached hydrogens (tertiary/aromatic N) is 2. The van der Waals surface area contributed by atoms with Crippen LogP contribution in [0.25, 0.3) is 5.57 Å². The van der Waals surface area contributed by atoms with Crippen molar-refractivity contribution in [1.29, 1.82) is 0 Å². The van der Waals surface area contributed by atoms with Gasteiger partial charge >= 0.3 is 0 Å². The lowest BCUT2D eigenvalue weighted by atomic mass is 9.93. The van der Waals surface area contributed by atoms with Crippen molar-refractivity contribution in [1.82, 2.24) is 9.21 Å². The maximum Gasteiger partial charge on any atom is 0.247 e. The van der Waals surface area contributed by atoms with Gasteiger partial charge in [-0.15, -0.1) is 0 Å². The van der Waals surface area contributed by atoms with E-state index in [2.05, 4.69) is 30.2 Å². The van der Waals surface area contributed by atoms with Crippen LogP contribution in [0.4, 0.5) is 0 Å². The highest BCUT2D eigenvalue weighted by molar-refractivity contribution is 7.89. The number of likely N-dealkylation sites (N-methyl/N-ethyl adjacent to an activating group) is 1. The standard InChI is InChI=1S/C28H38N2O4S/c1-21-17-30(22(2)20-31)35(32,33)28-15-14-25(24-12-8-5-9-13-24)16-26(28)34-27(21)19-29(3)18-23-10-6-4-7-11-23/h4,6-7,10-12,14-16,21-22,27,31H,5,8-9,13,17-20H2,1-3H3/t21-,22-,27+/m1/s1. The molecule has 3 atom stereocenters. The molecule has 0 saturated carbocycles. The summed E-state index contributed by atoms with van der Waals surface area (Å²) in [7, 11) is -1.75. The molecule has 0 fully saturated rings. The van der Waals surface area contributed by atoms with Crippen LogP contribution in [-0.4, -0.2) is 61.6 Å². The number of hydrogen-bond donors (Lipinski definition) is 1. The van der Waals surface area contributed by atoms with Crippen LogP contribution in [-0.2, 0) is 16.6 Å². The van der Waals surface area contributed by atoms with Gasteiger partial charge in [0.15, 0.2) is 0 Å². The third kappa shape index (κ3) is 5.97. The van der Waals surface area contributed by atoms with Gasteiger partial charge in [-0.1, -0.05) is 49.4 Å². The average molecular weight is 499 g/mol. The molecule has 0 unspecified atom stereocenters. The summed E-state index contributed by atoms with van der Waals surface area (Å²) >= 11 is 0. The van der Waals surface area contributed by atoms with E-state index >= 15 is 0 Å². The van der Waals surface area contributed by atoms with E-state index in [4.69, 9.17) is 4.74 Å². The Balaban J connectivity index is 1.69. The number of aliphatic hydroxyl groups is 1. The molecule has 0 aromatic heterocycles. The van der Waals surface area contributed by atoms with Gasteiger partial charge in [0.05, 0.1) is 6.61 Å². The van der Waals surface area contributed by atoms with Crippen molar-refractivity contribution in [2.45, 2.75) is 63.1 Å². The third-order valence-electron chi connectivity index (χ3n) is 7.12. The van der Waals surface area contributed by atoms with Gasteiger partial charge in [0.1, 0.15) is 16.7 Å². The Kier molecular flexibility index (Phi) is 8.32. The van der Waals surface area contributed by atoms with Gasteiger partial charge in [0, 0.05) is 31.6 Å². The molecule has 0 spiro atoms. The van der Waals surface area contributed by atoms with Gasteiger partial charge in [-0.05, 0) is 68.5 Å². The van der Waals surface area contributed by atoms with E-state index in [9.17, 15) is 13.5 Å². The Labute approximate surface area is 210 Å². The van der Waals surface area contributed by atoms with Crippen molar-refractivity contribution in [2.75, 3.05) is 26.7 Å². The molecule has 4 rings (SSSR count). The van der Waals surface area contributed by atoms with Crippen LogP contribution in [0.15, 0.2) is 59.5 Å². The molecule has 1 aliphatic heterocycles. The van der Waals surface area contributed by atoms with E-state index < -0.39 is 16.1 Å². The van der Waals surface area contributed by atoms with Crippen molar-refractivity contribution in [3.63, 3.8) is 0 Å². The summed E-state index contributed by atoms with van der Waals surface area (Å²) in [6.45, 7) is 5.29. The Morgan fingerprint density at radius 2 is 1.94 bits per heavy atom. The maximum absolute atomic E-state index is 13.7. The van der Waals surface area contributed by atoms with Gasteiger partial charge in [-0.25, -0.2) is 8.42 Å². The number of allylic oxidation sites excluding steroid dienone is 2. The van der Waals surface area contributed by atoms with E-state index in [1.165, 1.54) is 21.9 Å². The van der Waals surface area contributed by atoms with Crippen LogP contribution in [0.5, 0.6) is 5.75 Å². The second-order valence-corrected chi connectivity index (χ2v) is 11.9. The number of fused-ring (bicyclic) bond motifs is 1. The van der Waals surface area contributed by atoms with Gasteiger partial charge in [0.2, 0.25) is 10.0 Å². The predicted molar refractivity (Wildman–Crippen MR) is 140 cm³/mol. The van der Waals surface area contributed by atoms with Crippen LogP contribution >= 0.6 is 0 Å². The summed E-state index contributed by atoms with van der Waals surface area (Å²) in [5, 5.41) is 9.85. The quantitative estimate of drug-likeness (QED) is 0.607. The molecule has 2 aliphatic rings. The lowest BCUT2D eigenvalue weighted by molar-refractivity contribution is 0.0733. The Bertz CT molecular complexity index is 1130. The lowest BCUT2D eigenvalue weighted by Gasteiger charge is -2.37. The average Bonchev–Trinajstić information content (AvgIpc) is 2.86. The number of benzene rings is 2. The van der Waals surface area contributed by atoms with Gasteiger partial charge < -0.3 is 9.84 Å². The molecule has 190 valence electrons. The molecule has 0 saturated heterocycles. The fourth-order valence-corrected chi connectivity index (χ4v) is 6.84. The molecule has 1 N–H and O–H groups in total. The topological polar surface area (TPSA) is 70.1 Å². The molecule has 7 heteroatoms. The van der Waals surface area contributed by atoms with Crippen LogP contribution < -0.4 is 4.74 Å². The van der Waals surface area contributed by atoms with Crippen LogP contribution in [0.1, 0.15) is 50.7 Å². The number of hydrogen-bond acceptors (Lipinski definition) is 5. The van der Waals surface area contributed by atoms with E-state index in [1.807, 2.05) is 37.3 Å². The van der Waals surface area contributed by atoms with Gasteiger partial charge in [-0.3, -0.25) is 4.90 Å². The SMILES string of the molecule is C[C@@H]1CN([C@H](C)CO)S(=O)(=O)c2ccc(C3=CCCCC3)cc2O[C@H]1CN(C)Cc1ccccc1. The zero-order valence-corrected chi connectivity index (χ0v) is 21.9. The van der Waals surface area contributed by atoms with Gasteiger partial charge in [0.25, 0.3) is 0 Å². The largest absolute Gasteiger partial charge is 0.487 e. The number of rotatable bonds is 7. The van der Waals surface area contributed by atoms with Crippen molar-refractivity contribution in [2.24, 2.45) is 5.92 Å². The molecule has 1 heterocycles. The summed E-state index contributed by atoms with van der Waals surface area (Å²) in [4.78, 5) is 2.40. The maximum atomic E-state index is 13.7. The first-order valence-electron chi connectivity index (χ1n) is 12.6. The molecule has 1 aliphatic carbocycles. The summed E-state index contributed by atoms with van der Waals surface area (Å²) in [5.74, 6) is 0.344. The zero-order chi connectivity index (χ0) is 25.0. The van der Waals surface area contributed by atoms with Crippen LogP contribution in [0.3, 0.4) is 0 Å². The zero-order valence-electron chi connectivity index (χ0n) is 21.1. The van der Waals surface area contributed by atoms with E-state index in [0.29, 0.717) is 18.8 Å². The van der Waals surface area contributed by atoms with E-state index in [-0.39, 0.29) is 23.5 Å². The minimum absolute atomic E-state index is 0.0669. The monoisotopic (exact) mass is 498 g/mol. The van der Waals surface area contributed by atoms with E-state index in [1.54, 1.807) is 13.0 Å². The van der Waals surface area contributed by atoms with Crippen molar-refractivity contribution >= 4 is 15.6 Å².